The van der Waals surface area contributed by atoms with E-state index >= 15 is 0 Å². The zero-order valence-electron chi connectivity index (χ0n) is 23.8. The average molecular weight is 534 g/mol. The average Bonchev–Trinajstić information content (AvgIpc) is 3.45. The molecule has 39 heavy (non-hydrogen) atoms. The molecule has 0 saturated carbocycles. The molecular weight excluding hydrogens is 490 g/mol. The van der Waals surface area contributed by atoms with Crippen LogP contribution in [0.1, 0.15) is 75.3 Å². The fraction of sp³-hybridized carbons (Fsp3) is 0.645. The van der Waals surface area contributed by atoms with Gasteiger partial charge in [-0.05, 0) is 89.8 Å². The molecular formula is C31H43N5O3. The fourth-order valence-corrected chi connectivity index (χ4v) is 6.95. The van der Waals surface area contributed by atoms with Gasteiger partial charge in [-0.15, -0.1) is 0 Å². The van der Waals surface area contributed by atoms with Crippen molar-refractivity contribution in [3.05, 3.63) is 46.6 Å². The van der Waals surface area contributed by atoms with Crippen LogP contribution in [0.4, 0.5) is 10.6 Å². The maximum Gasteiger partial charge on any atom is 0.410 e. The molecule has 2 aliphatic carbocycles. The number of carbonyl (C=O) groups excluding carboxylic acids is 1. The lowest BCUT2D eigenvalue weighted by atomic mass is 9.62. The Balaban J connectivity index is 1.26. The maximum atomic E-state index is 12.7. The van der Waals surface area contributed by atoms with Crippen LogP contribution in [-0.4, -0.2) is 71.9 Å². The Morgan fingerprint density at radius 2 is 1.90 bits per heavy atom. The Hall–Kier alpha value is -2.87. The molecule has 8 nitrogen and oxygen atoms in total. The first-order valence-corrected chi connectivity index (χ1v) is 14.9. The van der Waals surface area contributed by atoms with Crippen LogP contribution < -0.4 is 15.0 Å². The quantitative estimate of drug-likeness (QED) is 0.623. The van der Waals surface area contributed by atoms with E-state index in [0.29, 0.717) is 31.7 Å². The highest BCUT2D eigenvalue weighted by Gasteiger charge is 2.41. The van der Waals surface area contributed by atoms with Crippen molar-refractivity contribution in [3.63, 3.8) is 0 Å². The summed E-state index contributed by atoms with van der Waals surface area (Å²) in [5, 5.41) is 3.52. The molecule has 4 aliphatic rings. The molecule has 6 rings (SSSR count). The van der Waals surface area contributed by atoms with E-state index in [-0.39, 0.29) is 11.5 Å². The number of ether oxygens (including phenoxy) is 2. The smallest absolute Gasteiger partial charge is 0.410 e. The summed E-state index contributed by atoms with van der Waals surface area (Å²) in [6.07, 6.45) is 8.71. The van der Waals surface area contributed by atoms with E-state index in [0.717, 1.165) is 56.8 Å². The third kappa shape index (κ3) is 5.58. The van der Waals surface area contributed by atoms with Crippen molar-refractivity contribution in [2.75, 3.05) is 44.2 Å². The number of rotatable bonds is 4. The lowest BCUT2D eigenvalue weighted by Gasteiger charge is -2.43. The van der Waals surface area contributed by atoms with Gasteiger partial charge in [0.15, 0.2) is 0 Å². The van der Waals surface area contributed by atoms with Crippen molar-refractivity contribution in [3.8, 4) is 6.01 Å². The first-order valence-electron chi connectivity index (χ1n) is 14.9. The number of nitrogens with zero attached hydrogens (tertiary/aromatic N) is 4. The molecule has 8 heteroatoms. The number of benzene rings is 1. The molecule has 1 N–H and O–H groups in total. The van der Waals surface area contributed by atoms with E-state index in [2.05, 4.69) is 34.5 Å². The summed E-state index contributed by atoms with van der Waals surface area (Å²) >= 11 is 0. The van der Waals surface area contributed by atoms with Crippen molar-refractivity contribution >= 4 is 11.9 Å². The minimum atomic E-state index is -0.492. The van der Waals surface area contributed by atoms with Gasteiger partial charge in [0.25, 0.3) is 0 Å². The molecule has 210 valence electrons. The highest BCUT2D eigenvalue weighted by molar-refractivity contribution is 5.68. The molecule has 1 aromatic heterocycles. The van der Waals surface area contributed by atoms with Crippen molar-refractivity contribution in [1.29, 1.82) is 0 Å². The van der Waals surface area contributed by atoms with E-state index in [1.54, 1.807) is 0 Å². The minimum Gasteiger partial charge on any atom is -0.462 e. The van der Waals surface area contributed by atoms with E-state index in [9.17, 15) is 4.79 Å². The van der Waals surface area contributed by atoms with Gasteiger partial charge in [0, 0.05) is 43.2 Å². The molecule has 2 aromatic rings. The van der Waals surface area contributed by atoms with Crippen LogP contribution in [0.15, 0.2) is 24.3 Å². The summed E-state index contributed by atoms with van der Waals surface area (Å²) in [4.78, 5) is 26.9. The van der Waals surface area contributed by atoms with Gasteiger partial charge < -0.3 is 24.6 Å². The summed E-state index contributed by atoms with van der Waals surface area (Å²) in [5.41, 5.74) is 5.09. The number of hydrogen-bond donors (Lipinski definition) is 1. The lowest BCUT2D eigenvalue weighted by Crippen LogP contribution is -2.50. The summed E-state index contributed by atoms with van der Waals surface area (Å²) in [6.45, 7) is 10.1. The molecule has 1 unspecified atom stereocenters. The van der Waals surface area contributed by atoms with E-state index < -0.39 is 5.60 Å². The molecule has 2 aliphatic heterocycles. The van der Waals surface area contributed by atoms with E-state index in [4.69, 9.17) is 19.4 Å². The second-order valence-corrected chi connectivity index (χ2v) is 12.8. The summed E-state index contributed by atoms with van der Waals surface area (Å²) < 4.78 is 11.9. The number of anilines is 1. The van der Waals surface area contributed by atoms with Gasteiger partial charge in [0.05, 0.1) is 5.69 Å². The molecule has 1 amide bonds. The van der Waals surface area contributed by atoms with Gasteiger partial charge in [-0.25, -0.2) is 4.79 Å². The molecule has 2 atom stereocenters. The number of piperazine rings is 1. The van der Waals surface area contributed by atoms with Gasteiger partial charge in [-0.2, -0.15) is 9.97 Å². The van der Waals surface area contributed by atoms with Crippen LogP contribution in [0.5, 0.6) is 6.01 Å². The van der Waals surface area contributed by atoms with Gasteiger partial charge in [0.2, 0.25) is 0 Å². The Labute approximate surface area is 232 Å². The number of amides is 1. The number of carbonyl (C=O) groups is 1. The van der Waals surface area contributed by atoms with Crippen LogP contribution in [-0.2, 0) is 29.4 Å². The molecule has 0 radical (unpaired) electrons. The van der Waals surface area contributed by atoms with Crippen LogP contribution in [0.25, 0.3) is 0 Å². The van der Waals surface area contributed by atoms with E-state index in [1.807, 2.05) is 25.7 Å². The summed E-state index contributed by atoms with van der Waals surface area (Å²) in [5.74, 6) is 0.997. The Bertz CT molecular complexity index is 1200. The van der Waals surface area contributed by atoms with Crippen LogP contribution >= 0.6 is 0 Å². The first kappa shape index (κ1) is 26.4. The van der Waals surface area contributed by atoms with Crippen LogP contribution in [0.3, 0.4) is 0 Å². The molecule has 2 fully saturated rings. The Kier molecular flexibility index (Phi) is 7.16. The van der Waals surface area contributed by atoms with Gasteiger partial charge in [0.1, 0.15) is 18.0 Å². The number of aryl methyl sites for hydroxylation is 1. The van der Waals surface area contributed by atoms with Gasteiger partial charge >= 0.3 is 12.1 Å². The number of hydrogen-bond acceptors (Lipinski definition) is 7. The van der Waals surface area contributed by atoms with Crippen LogP contribution in [0.2, 0.25) is 0 Å². The molecule has 1 spiro atoms. The summed E-state index contributed by atoms with van der Waals surface area (Å²) in [6, 6.07) is 9.88. The van der Waals surface area contributed by atoms with E-state index in [1.165, 1.54) is 42.4 Å². The molecule has 3 heterocycles. The second-order valence-electron chi connectivity index (χ2n) is 12.8. The number of nitrogens with one attached hydrogen (secondary N) is 1. The predicted molar refractivity (Wildman–Crippen MR) is 152 cm³/mol. The normalized spacial score (nSPS) is 24.8. The number of fused-ring (bicyclic) bond motifs is 3. The standard InChI is InChI=1S/C31H43N5O3/c1-30(2,3)39-29(37)36-18-16-35(17-19-36)27-24-12-14-31(13-6-9-22-8-4-5-11-25(22)31)20-26(24)33-28(34-27)38-21-23-10-7-15-32-23/h4-5,8,11,23,32H,6-7,9-10,12-21H2,1-3H3/t23-,31?/m0/s1. The largest absolute Gasteiger partial charge is 0.462 e. The Morgan fingerprint density at radius 3 is 2.67 bits per heavy atom. The van der Waals surface area contributed by atoms with Crippen molar-refractivity contribution in [2.24, 2.45) is 0 Å². The van der Waals surface area contributed by atoms with Crippen molar-refractivity contribution in [2.45, 2.75) is 89.2 Å². The first-order chi connectivity index (χ1) is 18.8. The van der Waals surface area contributed by atoms with Gasteiger partial charge in [-0.3, -0.25) is 0 Å². The van der Waals surface area contributed by atoms with Crippen molar-refractivity contribution in [1.82, 2.24) is 20.2 Å². The zero-order valence-corrected chi connectivity index (χ0v) is 23.8. The highest BCUT2D eigenvalue weighted by Crippen LogP contribution is 2.47. The zero-order chi connectivity index (χ0) is 27.0. The molecule has 2 saturated heterocycles. The minimum absolute atomic E-state index is 0.146. The number of aromatic nitrogens is 2. The molecule has 0 bridgehead atoms. The Morgan fingerprint density at radius 1 is 1.08 bits per heavy atom. The lowest BCUT2D eigenvalue weighted by molar-refractivity contribution is 0.0240. The second kappa shape index (κ2) is 10.6. The monoisotopic (exact) mass is 533 g/mol. The predicted octanol–water partition coefficient (Wildman–Crippen LogP) is 4.43. The molecule has 1 aromatic carbocycles. The fourth-order valence-electron chi connectivity index (χ4n) is 6.95. The van der Waals surface area contributed by atoms with Crippen molar-refractivity contribution < 1.29 is 14.3 Å². The third-order valence-electron chi connectivity index (χ3n) is 8.91. The topological polar surface area (TPSA) is 79.8 Å². The third-order valence-corrected chi connectivity index (χ3v) is 8.91. The van der Waals surface area contributed by atoms with Crippen LogP contribution in [0, 0.1) is 0 Å². The summed E-state index contributed by atoms with van der Waals surface area (Å²) in [7, 11) is 0. The maximum absolute atomic E-state index is 12.7. The SMILES string of the molecule is CC(C)(C)OC(=O)N1CCN(c2nc(OC[C@@H]3CCCN3)nc3c2CCC2(CCCc4ccccc42)C3)CC1. The highest BCUT2D eigenvalue weighted by atomic mass is 16.6. The van der Waals surface area contributed by atoms with Gasteiger partial charge in [-0.1, -0.05) is 24.3 Å².